The van der Waals surface area contributed by atoms with Gasteiger partial charge in [0.15, 0.2) is 0 Å². The van der Waals surface area contributed by atoms with E-state index in [4.69, 9.17) is 11.6 Å². The highest BCUT2D eigenvalue weighted by Crippen LogP contribution is 2.41. The summed E-state index contributed by atoms with van der Waals surface area (Å²) >= 11 is 6.13. The fourth-order valence-electron chi connectivity index (χ4n) is 4.02. The third-order valence-electron chi connectivity index (χ3n) is 4.98. The molecule has 0 amide bonds. The molecule has 2 fully saturated rings. The molecule has 2 bridgehead atoms. The molecule has 2 nitrogen and oxygen atoms in total. The number of hydrogen-bond donors (Lipinski definition) is 1. The Morgan fingerprint density at radius 3 is 2.53 bits per heavy atom. The van der Waals surface area contributed by atoms with E-state index < -0.39 is 0 Å². The minimum atomic E-state index is 0.481. The second kappa shape index (κ2) is 5.43. The third kappa shape index (κ3) is 2.54. The lowest BCUT2D eigenvalue weighted by molar-refractivity contribution is 0.0789. The monoisotopic (exact) mass is 278 g/mol. The van der Waals surface area contributed by atoms with Crippen LogP contribution in [0.25, 0.3) is 0 Å². The van der Waals surface area contributed by atoms with E-state index in [0.29, 0.717) is 12.1 Å². The first-order chi connectivity index (χ1) is 9.19. The first kappa shape index (κ1) is 13.4. The Balaban J connectivity index is 1.80. The Morgan fingerprint density at radius 2 is 1.95 bits per heavy atom. The molecule has 19 heavy (non-hydrogen) atoms. The highest BCUT2D eigenvalue weighted by molar-refractivity contribution is 6.30. The van der Waals surface area contributed by atoms with Gasteiger partial charge in [-0.05, 0) is 57.4 Å². The minimum Gasteiger partial charge on any atom is -0.317 e. The lowest BCUT2D eigenvalue weighted by atomic mass is 9.94. The van der Waals surface area contributed by atoms with E-state index in [1.807, 2.05) is 6.07 Å². The molecule has 0 aliphatic carbocycles. The Kier molecular flexibility index (Phi) is 3.84. The fourth-order valence-corrected chi connectivity index (χ4v) is 4.22. The van der Waals surface area contributed by atoms with Crippen LogP contribution in [0.2, 0.25) is 5.02 Å². The molecule has 104 valence electrons. The topological polar surface area (TPSA) is 15.3 Å². The molecule has 0 aromatic heterocycles. The van der Waals surface area contributed by atoms with Gasteiger partial charge >= 0.3 is 0 Å². The van der Waals surface area contributed by atoms with Crippen LogP contribution in [0.3, 0.4) is 0 Å². The fraction of sp³-hybridized carbons (Fsp3) is 0.625. The molecule has 3 rings (SSSR count). The molecule has 1 N–H and O–H groups in total. The second-order valence-corrected chi connectivity index (χ2v) is 6.46. The number of rotatable bonds is 3. The maximum absolute atomic E-state index is 6.13. The summed E-state index contributed by atoms with van der Waals surface area (Å²) in [5, 5.41) is 4.31. The summed E-state index contributed by atoms with van der Waals surface area (Å²) in [7, 11) is 2.10. The number of fused-ring (bicyclic) bond motifs is 2. The van der Waals surface area contributed by atoms with Crippen molar-refractivity contribution in [3.05, 3.63) is 34.9 Å². The van der Waals surface area contributed by atoms with Crippen LogP contribution in [0.5, 0.6) is 0 Å². The zero-order chi connectivity index (χ0) is 13.4. The Labute approximate surface area is 121 Å². The summed E-state index contributed by atoms with van der Waals surface area (Å²) in [5.74, 6) is 0. The van der Waals surface area contributed by atoms with Crippen molar-refractivity contribution in [3.63, 3.8) is 0 Å². The van der Waals surface area contributed by atoms with Gasteiger partial charge in [-0.2, -0.15) is 0 Å². The lowest BCUT2D eigenvalue weighted by Gasteiger charge is -2.42. The van der Waals surface area contributed by atoms with Crippen LogP contribution >= 0.6 is 11.6 Å². The van der Waals surface area contributed by atoms with Gasteiger partial charge in [0.05, 0.1) is 0 Å². The SMILES string of the molecule is CNC1CC2CCC(C1)N2C(C)c1cccc(Cl)c1. The predicted molar refractivity (Wildman–Crippen MR) is 80.6 cm³/mol. The molecule has 2 heterocycles. The number of nitrogens with zero attached hydrogens (tertiary/aromatic N) is 1. The van der Waals surface area contributed by atoms with Gasteiger partial charge < -0.3 is 5.32 Å². The zero-order valence-corrected chi connectivity index (χ0v) is 12.5. The normalized spacial score (nSPS) is 32.5. The molecule has 3 heteroatoms. The summed E-state index contributed by atoms with van der Waals surface area (Å²) in [4.78, 5) is 2.74. The van der Waals surface area contributed by atoms with Gasteiger partial charge in [-0.15, -0.1) is 0 Å². The smallest absolute Gasteiger partial charge is 0.0409 e. The minimum absolute atomic E-state index is 0.481. The Morgan fingerprint density at radius 1 is 1.26 bits per heavy atom. The molecule has 2 aliphatic rings. The molecule has 0 radical (unpaired) electrons. The van der Waals surface area contributed by atoms with Crippen LogP contribution in [-0.4, -0.2) is 30.1 Å². The number of benzene rings is 1. The molecule has 1 aromatic rings. The molecular weight excluding hydrogens is 256 g/mol. The first-order valence-corrected chi connectivity index (χ1v) is 7.77. The largest absolute Gasteiger partial charge is 0.317 e. The summed E-state index contributed by atoms with van der Waals surface area (Å²) in [6, 6.07) is 11.0. The van der Waals surface area contributed by atoms with Gasteiger partial charge in [-0.1, -0.05) is 23.7 Å². The van der Waals surface area contributed by atoms with Crippen molar-refractivity contribution in [1.82, 2.24) is 10.2 Å². The standard InChI is InChI=1S/C16H23ClN2/c1-11(12-4-3-5-13(17)8-12)19-15-6-7-16(19)10-14(9-15)18-2/h3-5,8,11,14-16,18H,6-7,9-10H2,1-2H3. The van der Waals surface area contributed by atoms with Crippen molar-refractivity contribution >= 4 is 11.6 Å². The third-order valence-corrected chi connectivity index (χ3v) is 5.21. The van der Waals surface area contributed by atoms with E-state index in [-0.39, 0.29) is 0 Å². The molecule has 3 unspecified atom stereocenters. The highest BCUT2D eigenvalue weighted by Gasteiger charge is 2.42. The highest BCUT2D eigenvalue weighted by atomic mass is 35.5. The number of halogens is 1. The molecule has 2 saturated heterocycles. The Bertz CT molecular complexity index is 434. The summed E-state index contributed by atoms with van der Waals surface area (Å²) in [5.41, 5.74) is 1.35. The molecule has 0 saturated carbocycles. The second-order valence-electron chi connectivity index (χ2n) is 6.02. The van der Waals surface area contributed by atoms with Crippen LogP contribution in [-0.2, 0) is 0 Å². The van der Waals surface area contributed by atoms with Crippen molar-refractivity contribution in [3.8, 4) is 0 Å². The molecular formula is C16H23ClN2. The van der Waals surface area contributed by atoms with Crippen LogP contribution in [0.4, 0.5) is 0 Å². The van der Waals surface area contributed by atoms with Gasteiger partial charge in [0.1, 0.15) is 0 Å². The molecule has 1 aromatic carbocycles. The van der Waals surface area contributed by atoms with Crippen LogP contribution in [0.1, 0.15) is 44.2 Å². The van der Waals surface area contributed by atoms with E-state index in [2.05, 4.69) is 42.4 Å². The van der Waals surface area contributed by atoms with Crippen LogP contribution in [0, 0.1) is 0 Å². The van der Waals surface area contributed by atoms with Crippen molar-refractivity contribution in [2.75, 3.05) is 7.05 Å². The van der Waals surface area contributed by atoms with Crippen molar-refractivity contribution in [2.45, 2.75) is 56.8 Å². The lowest BCUT2D eigenvalue weighted by Crippen LogP contribution is -2.49. The van der Waals surface area contributed by atoms with Gasteiger partial charge in [0, 0.05) is 29.2 Å². The van der Waals surface area contributed by atoms with E-state index >= 15 is 0 Å². The average molecular weight is 279 g/mol. The predicted octanol–water partition coefficient (Wildman–Crippen LogP) is 3.62. The van der Waals surface area contributed by atoms with Gasteiger partial charge in [0.2, 0.25) is 0 Å². The van der Waals surface area contributed by atoms with Gasteiger partial charge in [0.25, 0.3) is 0 Å². The van der Waals surface area contributed by atoms with Crippen molar-refractivity contribution in [1.29, 1.82) is 0 Å². The van der Waals surface area contributed by atoms with E-state index in [9.17, 15) is 0 Å². The summed E-state index contributed by atoms with van der Waals surface area (Å²) < 4.78 is 0. The summed E-state index contributed by atoms with van der Waals surface area (Å²) in [6.07, 6.45) is 5.29. The van der Waals surface area contributed by atoms with E-state index in [0.717, 1.165) is 17.1 Å². The average Bonchev–Trinajstić information content (AvgIpc) is 2.68. The Hall–Kier alpha value is -0.570. The van der Waals surface area contributed by atoms with Crippen molar-refractivity contribution in [2.24, 2.45) is 0 Å². The molecule has 0 spiro atoms. The zero-order valence-electron chi connectivity index (χ0n) is 11.8. The molecule has 2 aliphatic heterocycles. The number of piperidine rings is 1. The van der Waals surface area contributed by atoms with Crippen LogP contribution in [0.15, 0.2) is 24.3 Å². The maximum atomic E-state index is 6.13. The number of nitrogens with one attached hydrogen (secondary N) is 1. The van der Waals surface area contributed by atoms with Crippen molar-refractivity contribution < 1.29 is 0 Å². The van der Waals surface area contributed by atoms with E-state index in [1.165, 1.54) is 31.2 Å². The first-order valence-electron chi connectivity index (χ1n) is 7.39. The van der Waals surface area contributed by atoms with E-state index in [1.54, 1.807) is 0 Å². The quantitative estimate of drug-likeness (QED) is 0.909. The summed E-state index contributed by atoms with van der Waals surface area (Å²) in [6.45, 7) is 2.33. The van der Waals surface area contributed by atoms with Crippen LogP contribution < -0.4 is 5.32 Å². The maximum Gasteiger partial charge on any atom is 0.0409 e. The van der Waals surface area contributed by atoms with Gasteiger partial charge in [-0.25, -0.2) is 0 Å². The number of hydrogen-bond acceptors (Lipinski definition) is 2. The molecule has 3 atom stereocenters. The van der Waals surface area contributed by atoms with Gasteiger partial charge in [-0.3, -0.25) is 4.90 Å².